The number of halogens is 3. The quantitative estimate of drug-likeness (QED) is 0.701. The standard InChI is InChI=1S/C10H10F3N3O3/c11-10(12,13)9(19)3-16(4-9)8(18)6-2-1-5(15-6)7(14)17/h1-2,15,19H,3-4H2,(H2,14,17). The fourth-order valence-corrected chi connectivity index (χ4v) is 1.74. The van der Waals surface area contributed by atoms with Crippen LogP contribution < -0.4 is 5.73 Å². The summed E-state index contributed by atoms with van der Waals surface area (Å²) in [4.78, 5) is 25.8. The summed E-state index contributed by atoms with van der Waals surface area (Å²) in [6.07, 6.45) is -4.78. The van der Waals surface area contributed by atoms with Crippen LogP contribution in [0.25, 0.3) is 0 Å². The molecule has 2 rings (SSSR count). The zero-order chi connectivity index (χ0) is 14.4. The van der Waals surface area contributed by atoms with Gasteiger partial charge in [0.05, 0.1) is 13.1 Å². The number of primary amides is 1. The Morgan fingerprint density at radius 3 is 2.26 bits per heavy atom. The smallest absolute Gasteiger partial charge is 0.378 e. The minimum absolute atomic E-state index is 0.0186. The molecule has 1 saturated heterocycles. The fraction of sp³-hybridized carbons (Fsp3) is 0.400. The molecule has 0 unspecified atom stereocenters. The molecule has 4 N–H and O–H groups in total. The molecule has 1 aromatic heterocycles. The highest BCUT2D eigenvalue weighted by molar-refractivity contribution is 5.97. The van der Waals surface area contributed by atoms with Gasteiger partial charge in [-0.15, -0.1) is 0 Å². The van der Waals surface area contributed by atoms with E-state index in [0.717, 1.165) is 4.90 Å². The molecular weight excluding hydrogens is 267 g/mol. The van der Waals surface area contributed by atoms with Gasteiger partial charge in [0, 0.05) is 0 Å². The van der Waals surface area contributed by atoms with Crippen LogP contribution in [0.15, 0.2) is 12.1 Å². The number of hydrogen-bond acceptors (Lipinski definition) is 3. The molecule has 6 nitrogen and oxygen atoms in total. The molecule has 2 heterocycles. The number of amides is 2. The van der Waals surface area contributed by atoms with Crippen LogP contribution in [0.1, 0.15) is 21.0 Å². The number of rotatable bonds is 2. The van der Waals surface area contributed by atoms with Crippen LogP contribution in [-0.2, 0) is 0 Å². The summed E-state index contributed by atoms with van der Waals surface area (Å²) in [5.74, 6) is -1.52. The molecule has 1 aliphatic rings. The predicted octanol–water partition coefficient (Wildman–Crippen LogP) is -0.137. The lowest BCUT2D eigenvalue weighted by molar-refractivity contribution is -0.294. The average molecular weight is 277 g/mol. The topological polar surface area (TPSA) is 99.4 Å². The van der Waals surface area contributed by atoms with E-state index in [1.165, 1.54) is 12.1 Å². The Morgan fingerprint density at radius 1 is 1.32 bits per heavy atom. The fourth-order valence-electron chi connectivity index (χ4n) is 1.74. The Hall–Kier alpha value is -2.03. The summed E-state index contributed by atoms with van der Waals surface area (Å²) in [5, 5.41) is 9.20. The molecule has 0 bridgehead atoms. The second-order valence-electron chi connectivity index (χ2n) is 4.34. The first-order valence-corrected chi connectivity index (χ1v) is 5.21. The highest BCUT2D eigenvalue weighted by Gasteiger charge is 2.62. The van der Waals surface area contributed by atoms with Crippen molar-refractivity contribution in [1.82, 2.24) is 9.88 Å². The van der Waals surface area contributed by atoms with Gasteiger partial charge in [-0.1, -0.05) is 0 Å². The SMILES string of the molecule is NC(=O)c1ccc(C(=O)N2CC(O)(C(F)(F)F)C2)[nH]1. The van der Waals surface area contributed by atoms with Crippen molar-refractivity contribution in [3.8, 4) is 0 Å². The van der Waals surface area contributed by atoms with Crippen LogP contribution in [0.2, 0.25) is 0 Å². The van der Waals surface area contributed by atoms with Gasteiger partial charge in [-0.3, -0.25) is 9.59 Å². The molecule has 104 valence electrons. The van der Waals surface area contributed by atoms with Crippen molar-refractivity contribution >= 4 is 11.8 Å². The van der Waals surface area contributed by atoms with Crippen LogP contribution >= 0.6 is 0 Å². The average Bonchev–Trinajstić information content (AvgIpc) is 2.71. The first-order valence-electron chi connectivity index (χ1n) is 5.21. The highest BCUT2D eigenvalue weighted by Crippen LogP contribution is 2.38. The molecule has 0 spiro atoms. The Balaban J connectivity index is 2.06. The summed E-state index contributed by atoms with van der Waals surface area (Å²) in [6.45, 7) is -1.67. The molecule has 0 radical (unpaired) electrons. The number of carbonyl (C=O) groups excluding carboxylic acids is 2. The van der Waals surface area contributed by atoms with E-state index in [1.54, 1.807) is 0 Å². The third-order valence-corrected chi connectivity index (χ3v) is 2.90. The van der Waals surface area contributed by atoms with Crippen molar-refractivity contribution in [2.75, 3.05) is 13.1 Å². The number of aromatic nitrogens is 1. The van der Waals surface area contributed by atoms with Gasteiger partial charge in [0.2, 0.25) is 0 Å². The Labute approximate surface area is 105 Å². The Bertz CT molecular complexity index is 532. The monoisotopic (exact) mass is 277 g/mol. The number of nitrogens with one attached hydrogen (secondary N) is 1. The molecule has 2 amide bonds. The maximum Gasteiger partial charge on any atom is 0.420 e. The molecule has 0 atom stereocenters. The number of alkyl halides is 3. The number of nitrogens with two attached hydrogens (primary N) is 1. The number of nitrogens with zero attached hydrogens (tertiary/aromatic N) is 1. The van der Waals surface area contributed by atoms with Gasteiger partial charge in [-0.2, -0.15) is 13.2 Å². The lowest BCUT2D eigenvalue weighted by Gasteiger charge is -2.46. The van der Waals surface area contributed by atoms with Crippen molar-refractivity contribution in [1.29, 1.82) is 0 Å². The van der Waals surface area contributed by atoms with Crippen LogP contribution in [0.3, 0.4) is 0 Å². The minimum Gasteiger partial charge on any atom is -0.378 e. The maximum absolute atomic E-state index is 12.4. The van der Waals surface area contributed by atoms with E-state index in [2.05, 4.69) is 4.98 Å². The summed E-state index contributed by atoms with van der Waals surface area (Å²) in [5.41, 5.74) is 2.03. The Kier molecular flexibility index (Phi) is 2.81. The summed E-state index contributed by atoms with van der Waals surface area (Å²) in [7, 11) is 0. The van der Waals surface area contributed by atoms with E-state index in [4.69, 9.17) is 5.73 Å². The van der Waals surface area contributed by atoms with E-state index >= 15 is 0 Å². The van der Waals surface area contributed by atoms with Gasteiger partial charge in [-0.05, 0) is 12.1 Å². The van der Waals surface area contributed by atoms with Crippen molar-refractivity contribution in [3.63, 3.8) is 0 Å². The third-order valence-electron chi connectivity index (χ3n) is 2.90. The third kappa shape index (κ3) is 2.16. The van der Waals surface area contributed by atoms with Crippen LogP contribution in [-0.4, -0.2) is 51.7 Å². The number of carbonyl (C=O) groups is 2. The molecular formula is C10H10F3N3O3. The number of aliphatic hydroxyl groups is 1. The van der Waals surface area contributed by atoms with E-state index < -0.39 is 36.7 Å². The molecule has 19 heavy (non-hydrogen) atoms. The number of β-amino-alcohol motifs (C(OH)–C–C–N with tert-alkyl or cyclic N) is 1. The van der Waals surface area contributed by atoms with E-state index in [-0.39, 0.29) is 11.4 Å². The van der Waals surface area contributed by atoms with Crippen LogP contribution in [0.4, 0.5) is 13.2 Å². The highest BCUT2D eigenvalue weighted by atomic mass is 19.4. The van der Waals surface area contributed by atoms with Crippen LogP contribution in [0.5, 0.6) is 0 Å². The molecule has 1 aliphatic heterocycles. The van der Waals surface area contributed by atoms with Crippen molar-refractivity contribution in [2.24, 2.45) is 5.73 Å². The summed E-state index contributed by atoms with van der Waals surface area (Å²) >= 11 is 0. The van der Waals surface area contributed by atoms with Gasteiger partial charge in [0.1, 0.15) is 11.4 Å². The predicted molar refractivity (Wildman–Crippen MR) is 56.2 cm³/mol. The van der Waals surface area contributed by atoms with Gasteiger partial charge < -0.3 is 20.7 Å². The number of aromatic amines is 1. The first kappa shape index (κ1) is 13.4. The lowest BCUT2D eigenvalue weighted by Crippen LogP contribution is -2.70. The molecule has 0 saturated carbocycles. The number of H-pyrrole nitrogens is 1. The molecule has 1 aromatic rings. The summed E-state index contributed by atoms with van der Waals surface area (Å²) < 4.78 is 37.1. The van der Waals surface area contributed by atoms with Gasteiger partial charge in [-0.25, -0.2) is 0 Å². The molecule has 1 fully saturated rings. The second kappa shape index (κ2) is 3.98. The maximum atomic E-state index is 12.4. The molecule has 9 heteroatoms. The molecule has 0 aromatic carbocycles. The number of likely N-dealkylation sites (tertiary alicyclic amines) is 1. The largest absolute Gasteiger partial charge is 0.420 e. The van der Waals surface area contributed by atoms with Gasteiger partial charge in [0.15, 0.2) is 5.60 Å². The van der Waals surface area contributed by atoms with Crippen LogP contribution in [0, 0.1) is 0 Å². The first-order chi connectivity index (χ1) is 8.64. The molecule has 0 aliphatic carbocycles. The Morgan fingerprint density at radius 2 is 1.84 bits per heavy atom. The zero-order valence-electron chi connectivity index (χ0n) is 9.49. The van der Waals surface area contributed by atoms with E-state index in [1.807, 2.05) is 0 Å². The van der Waals surface area contributed by atoms with Crippen molar-refractivity contribution in [2.45, 2.75) is 11.8 Å². The van der Waals surface area contributed by atoms with Crippen molar-refractivity contribution in [3.05, 3.63) is 23.5 Å². The number of hydrogen-bond donors (Lipinski definition) is 3. The summed E-state index contributed by atoms with van der Waals surface area (Å²) in [6, 6.07) is 2.50. The normalized spacial score (nSPS) is 18.0. The minimum atomic E-state index is -4.78. The van der Waals surface area contributed by atoms with Gasteiger partial charge >= 0.3 is 6.18 Å². The van der Waals surface area contributed by atoms with E-state index in [0.29, 0.717) is 0 Å². The van der Waals surface area contributed by atoms with E-state index in [9.17, 15) is 27.9 Å². The zero-order valence-corrected chi connectivity index (χ0v) is 9.49. The van der Waals surface area contributed by atoms with Gasteiger partial charge in [0.25, 0.3) is 11.8 Å². The second-order valence-corrected chi connectivity index (χ2v) is 4.34. The lowest BCUT2D eigenvalue weighted by atomic mass is 9.93. The van der Waals surface area contributed by atoms with Crippen molar-refractivity contribution < 1.29 is 27.9 Å².